The van der Waals surface area contributed by atoms with Gasteiger partial charge in [-0.1, -0.05) is 35.0 Å². The molecule has 0 spiro atoms. The summed E-state index contributed by atoms with van der Waals surface area (Å²) in [6, 6.07) is 10.0. The highest BCUT2D eigenvalue weighted by molar-refractivity contribution is 9.10. The molecule has 24 heavy (non-hydrogen) atoms. The number of hydrogen-bond donors (Lipinski definition) is 1. The highest BCUT2D eigenvalue weighted by Crippen LogP contribution is 2.32. The molecule has 0 aliphatic carbocycles. The molecule has 0 aliphatic rings. The third-order valence-corrected chi connectivity index (χ3v) is 5.41. The Labute approximate surface area is 153 Å². The van der Waals surface area contributed by atoms with Gasteiger partial charge in [0.1, 0.15) is 5.82 Å². The van der Waals surface area contributed by atoms with E-state index in [9.17, 15) is 4.79 Å². The number of carbonyl (C=O) groups excluding carboxylic acids is 1. The van der Waals surface area contributed by atoms with E-state index in [2.05, 4.69) is 33.3 Å². The lowest BCUT2D eigenvalue weighted by atomic mass is 10.1. The zero-order valence-corrected chi connectivity index (χ0v) is 16.2. The zero-order valence-electron chi connectivity index (χ0n) is 13.8. The van der Waals surface area contributed by atoms with Gasteiger partial charge in [-0.3, -0.25) is 9.48 Å². The van der Waals surface area contributed by atoms with E-state index < -0.39 is 0 Å². The van der Waals surface area contributed by atoms with Crippen molar-refractivity contribution in [2.24, 2.45) is 7.05 Å². The second kappa shape index (κ2) is 6.91. The minimum atomic E-state index is -0.0804. The highest BCUT2D eigenvalue weighted by Gasteiger charge is 2.20. The van der Waals surface area contributed by atoms with Crippen LogP contribution in [0.3, 0.4) is 0 Å². The van der Waals surface area contributed by atoms with Gasteiger partial charge in [-0.15, -0.1) is 11.3 Å². The summed E-state index contributed by atoms with van der Waals surface area (Å²) >= 11 is 4.92. The van der Waals surface area contributed by atoms with Gasteiger partial charge in [0.2, 0.25) is 0 Å². The van der Waals surface area contributed by atoms with Crippen molar-refractivity contribution in [2.45, 2.75) is 20.3 Å². The number of aryl methyl sites for hydroxylation is 3. The molecule has 3 rings (SSSR count). The number of benzene rings is 1. The van der Waals surface area contributed by atoms with Crippen LogP contribution in [0.1, 0.15) is 27.9 Å². The molecular formula is C18H18BrN3OS. The molecule has 0 unspecified atom stereocenters. The maximum Gasteiger partial charge on any atom is 0.267 e. The van der Waals surface area contributed by atoms with E-state index in [0.717, 1.165) is 44.0 Å². The van der Waals surface area contributed by atoms with Crippen molar-refractivity contribution in [3.05, 3.63) is 56.3 Å². The summed E-state index contributed by atoms with van der Waals surface area (Å²) < 4.78 is 2.74. The van der Waals surface area contributed by atoms with Gasteiger partial charge in [0.25, 0.3) is 5.91 Å². The van der Waals surface area contributed by atoms with Crippen molar-refractivity contribution in [1.29, 1.82) is 0 Å². The summed E-state index contributed by atoms with van der Waals surface area (Å²) in [6.45, 7) is 4.01. The van der Waals surface area contributed by atoms with E-state index in [4.69, 9.17) is 0 Å². The lowest BCUT2D eigenvalue weighted by Gasteiger charge is -2.09. The van der Waals surface area contributed by atoms with Gasteiger partial charge in [0, 0.05) is 17.1 Å². The summed E-state index contributed by atoms with van der Waals surface area (Å²) in [5.74, 6) is 0.637. The Morgan fingerprint density at radius 3 is 2.67 bits per heavy atom. The lowest BCUT2D eigenvalue weighted by Crippen LogP contribution is -2.15. The number of amides is 1. The van der Waals surface area contributed by atoms with Gasteiger partial charge in [-0.05, 0) is 48.1 Å². The number of aromatic nitrogens is 2. The molecule has 6 heteroatoms. The fourth-order valence-electron chi connectivity index (χ4n) is 2.74. The van der Waals surface area contributed by atoms with Crippen molar-refractivity contribution in [2.75, 3.05) is 5.32 Å². The van der Waals surface area contributed by atoms with Crippen molar-refractivity contribution < 1.29 is 4.79 Å². The largest absolute Gasteiger partial charge is 0.306 e. The molecule has 124 valence electrons. The molecule has 3 aromatic rings. The van der Waals surface area contributed by atoms with Crippen LogP contribution in [-0.2, 0) is 13.5 Å². The monoisotopic (exact) mass is 403 g/mol. The van der Waals surface area contributed by atoms with Gasteiger partial charge in [-0.25, -0.2) is 0 Å². The number of anilines is 1. The van der Waals surface area contributed by atoms with Crippen LogP contribution in [0.2, 0.25) is 0 Å². The summed E-state index contributed by atoms with van der Waals surface area (Å²) in [5.41, 5.74) is 3.94. The molecule has 1 amide bonds. The molecule has 0 fully saturated rings. The Balaban J connectivity index is 1.99. The molecule has 2 aromatic heterocycles. The van der Waals surface area contributed by atoms with Crippen LogP contribution in [0.4, 0.5) is 5.82 Å². The fraction of sp³-hybridized carbons (Fsp3) is 0.222. The van der Waals surface area contributed by atoms with Crippen LogP contribution in [0.15, 0.2) is 40.2 Å². The smallest absolute Gasteiger partial charge is 0.267 e. The predicted molar refractivity (Wildman–Crippen MR) is 103 cm³/mol. The number of carbonyl (C=O) groups is 1. The number of halogens is 1. The summed E-state index contributed by atoms with van der Waals surface area (Å²) in [6.07, 6.45) is 0.843. The second-order valence-electron chi connectivity index (χ2n) is 5.52. The summed E-state index contributed by atoms with van der Waals surface area (Å²) in [4.78, 5) is 13.5. The molecule has 4 nitrogen and oxygen atoms in total. The van der Waals surface area contributed by atoms with Crippen LogP contribution >= 0.6 is 27.3 Å². The Hall–Kier alpha value is -1.92. The zero-order chi connectivity index (χ0) is 17.3. The Bertz CT molecular complexity index is 880. The number of hydrogen-bond acceptors (Lipinski definition) is 3. The first-order valence-corrected chi connectivity index (χ1v) is 9.35. The number of rotatable bonds is 4. The molecule has 0 bridgehead atoms. The molecule has 0 saturated carbocycles. The van der Waals surface area contributed by atoms with Gasteiger partial charge in [0.05, 0.1) is 10.6 Å². The van der Waals surface area contributed by atoms with Gasteiger partial charge >= 0.3 is 0 Å². The van der Waals surface area contributed by atoms with Gasteiger partial charge in [0.15, 0.2) is 0 Å². The second-order valence-corrected chi connectivity index (χ2v) is 7.35. The molecule has 1 aromatic carbocycles. The van der Waals surface area contributed by atoms with Crippen LogP contribution in [-0.4, -0.2) is 15.7 Å². The lowest BCUT2D eigenvalue weighted by molar-refractivity contribution is 0.102. The van der Waals surface area contributed by atoms with E-state index in [1.54, 1.807) is 4.68 Å². The molecule has 0 radical (unpaired) electrons. The molecule has 1 N–H and O–H groups in total. The predicted octanol–water partition coefficient (Wildman–Crippen LogP) is 5.03. The van der Waals surface area contributed by atoms with Crippen molar-refractivity contribution in [3.8, 4) is 11.1 Å². The highest BCUT2D eigenvalue weighted by atomic mass is 79.9. The van der Waals surface area contributed by atoms with E-state index in [1.165, 1.54) is 11.3 Å². The minimum Gasteiger partial charge on any atom is -0.306 e. The normalized spacial score (nSPS) is 10.8. The SMILES string of the molecule is CCc1ccsc1C(=O)Nc1c(-c2ccc(Br)cc2)c(C)nn1C. The Kier molecular flexibility index (Phi) is 4.87. The number of nitrogens with zero attached hydrogens (tertiary/aromatic N) is 2. The molecule has 0 aliphatic heterocycles. The standard InChI is InChI=1S/C18H18BrN3OS/c1-4-12-9-10-24-16(12)18(23)20-17-15(11(2)21-22(17)3)13-5-7-14(19)8-6-13/h5-10H,4H2,1-3H3,(H,20,23). The molecule has 2 heterocycles. The summed E-state index contributed by atoms with van der Waals surface area (Å²) in [5, 5.41) is 9.49. The molecule has 0 atom stereocenters. The van der Waals surface area contributed by atoms with Crippen LogP contribution in [0, 0.1) is 6.92 Å². The van der Waals surface area contributed by atoms with Crippen LogP contribution < -0.4 is 5.32 Å². The number of thiophene rings is 1. The fourth-order valence-corrected chi connectivity index (χ4v) is 3.90. The Morgan fingerprint density at radius 1 is 1.29 bits per heavy atom. The first-order valence-electron chi connectivity index (χ1n) is 7.68. The van der Waals surface area contributed by atoms with Gasteiger partial charge in [-0.2, -0.15) is 5.10 Å². The van der Waals surface area contributed by atoms with Crippen molar-refractivity contribution in [1.82, 2.24) is 9.78 Å². The quantitative estimate of drug-likeness (QED) is 0.663. The molecular weight excluding hydrogens is 386 g/mol. The topological polar surface area (TPSA) is 46.9 Å². The first-order chi connectivity index (χ1) is 11.5. The third kappa shape index (κ3) is 3.16. The van der Waals surface area contributed by atoms with E-state index in [-0.39, 0.29) is 5.91 Å². The average molecular weight is 404 g/mol. The van der Waals surface area contributed by atoms with Gasteiger partial charge < -0.3 is 5.32 Å². The number of nitrogens with one attached hydrogen (secondary N) is 1. The maximum absolute atomic E-state index is 12.7. The molecule has 0 saturated heterocycles. The third-order valence-electron chi connectivity index (χ3n) is 3.92. The van der Waals surface area contributed by atoms with Crippen LogP contribution in [0.5, 0.6) is 0 Å². The van der Waals surface area contributed by atoms with Crippen LogP contribution in [0.25, 0.3) is 11.1 Å². The first kappa shape index (κ1) is 16.9. The Morgan fingerprint density at radius 2 is 2.00 bits per heavy atom. The van der Waals surface area contributed by atoms with Crippen molar-refractivity contribution >= 4 is 39.0 Å². The van der Waals surface area contributed by atoms with E-state index in [0.29, 0.717) is 0 Å². The summed E-state index contributed by atoms with van der Waals surface area (Å²) in [7, 11) is 1.85. The minimum absolute atomic E-state index is 0.0804. The average Bonchev–Trinajstić information content (AvgIpc) is 3.13. The van der Waals surface area contributed by atoms with E-state index >= 15 is 0 Å². The van der Waals surface area contributed by atoms with E-state index in [1.807, 2.05) is 49.7 Å². The maximum atomic E-state index is 12.7. The van der Waals surface area contributed by atoms with Crippen molar-refractivity contribution in [3.63, 3.8) is 0 Å².